The van der Waals surface area contributed by atoms with Crippen LogP contribution in [0, 0.1) is 0 Å². The molecule has 2 aromatic carbocycles. The average Bonchev–Trinajstić information content (AvgIpc) is 3.08. The Balaban J connectivity index is 2.26. The zero-order chi connectivity index (χ0) is 12.2. The van der Waals surface area contributed by atoms with Crippen molar-refractivity contribution in [2.75, 3.05) is 0 Å². The maximum Gasteiger partial charge on any atom is 0.190 e. The molecule has 0 amide bonds. The van der Waals surface area contributed by atoms with E-state index in [4.69, 9.17) is 51.1 Å². The highest BCUT2D eigenvalue weighted by Crippen LogP contribution is 2.58. The van der Waals surface area contributed by atoms with E-state index in [9.17, 15) is 0 Å². The summed E-state index contributed by atoms with van der Waals surface area (Å²) in [5.41, 5.74) is 1.46. The Morgan fingerprint density at radius 2 is 1.53 bits per heavy atom. The Morgan fingerprint density at radius 1 is 0.765 bits per heavy atom. The van der Waals surface area contributed by atoms with Gasteiger partial charge < -0.3 is 4.74 Å². The van der Waals surface area contributed by atoms with Crippen LogP contribution in [0.1, 0.15) is 0 Å². The lowest BCUT2D eigenvalue weighted by Gasteiger charge is -2.06. The second-order valence-corrected chi connectivity index (χ2v) is 5.23. The van der Waals surface area contributed by atoms with Gasteiger partial charge >= 0.3 is 0 Å². The van der Waals surface area contributed by atoms with Crippen LogP contribution >= 0.6 is 46.4 Å². The molecule has 2 aromatic rings. The van der Waals surface area contributed by atoms with Crippen molar-refractivity contribution in [3.8, 4) is 22.6 Å². The van der Waals surface area contributed by atoms with Crippen LogP contribution < -0.4 is 4.74 Å². The van der Waals surface area contributed by atoms with Gasteiger partial charge in [0.25, 0.3) is 0 Å². The van der Waals surface area contributed by atoms with E-state index in [-0.39, 0.29) is 0 Å². The summed E-state index contributed by atoms with van der Waals surface area (Å²) in [5, 5.41) is 2.18. The molecule has 0 N–H and O–H groups in total. The zero-order valence-electron chi connectivity index (χ0n) is 8.23. The second-order valence-electron chi connectivity index (χ2n) is 3.60. The van der Waals surface area contributed by atoms with Gasteiger partial charge in [0.05, 0.1) is 10.0 Å². The molecule has 0 aliphatic carbocycles. The van der Waals surface area contributed by atoms with Crippen molar-refractivity contribution in [2.45, 2.75) is 0 Å². The van der Waals surface area contributed by atoms with Crippen LogP contribution in [-0.2, 0) is 0 Å². The summed E-state index contributed by atoms with van der Waals surface area (Å²) in [6, 6.07) is 6.91. The molecule has 1 aliphatic rings. The minimum atomic E-state index is 0.508. The maximum atomic E-state index is 6.19. The number of rotatable bonds is 1. The standard InChI is InChI=1S/C12H4Cl4O/c13-5-1-2-8(14)6(3-5)7-4-9(15)11-12(17-11)10(7)16/h1-4H. The van der Waals surface area contributed by atoms with Gasteiger partial charge in [0.2, 0.25) is 0 Å². The van der Waals surface area contributed by atoms with Gasteiger partial charge in [0.15, 0.2) is 11.5 Å². The van der Waals surface area contributed by atoms with Crippen molar-refractivity contribution >= 4 is 46.4 Å². The molecule has 1 aliphatic heterocycles. The van der Waals surface area contributed by atoms with E-state index >= 15 is 0 Å². The molecular formula is C12H4Cl4O. The molecule has 0 bridgehead atoms. The largest absolute Gasteiger partial charge is 0.446 e. The summed E-state index contributed by atoms with van der Waals surface area (Å²) in [7, 11) is 0. The molecule has 0 unspecified atom stereocenters. The molecule has 86 valence electrons. The average molecular weight is 306 g/mol. The van der Waals surface area contributed by atoms with Gasteiger partial charge in [-0.05, 0) is 24.3 Å². The zero-order valence-corrected chi connectivity index (χ0v) is 11.3. The van der Waals surface area contributed by atoms with Gasteiger partial charge in [-0.25, -0.2) is 0 Å². The van der Waals surface area contributed by atoms with Crippen LogP contribution in [0.5, 0.6) is 11.5 Å². The Bertz CT molecular complexity index is 637. The third-order valence-electron chi connectivity index (χ3n) is 2.51. The Kier molecular flexibility index (Phi) is 2.68. The molecule has 0 fully saturated rings. The molecule has 0 aromatic heterocycles. The van der Waals surface area contributed by atoms with Crippen LogP contribution in [0.15, 0.2) is 24.3 Å². The lowest BCUT2D eigenvalue weighted by atomic mass is 10.1. The van der Waals surface area contributed by atoms with Crippen molar-refractivity contribution in [1.82, 2.24) is 0 Å². The van der Waals surface area contributed by atoms with Gasteiger partial charge in [-0.15, -0.1) is 0 Å². The van der Waals surface area contributed by atoms with Crippen molar-refractivity contribution in [1.29, 1.82) is 0 Å². The van der Waals surface area contributed by atoms with Crippen molar-refractivity contribution in [3.05, 3.63) is 44.4 Å². The summed E-state index contributed by atoms with van der Waals surface area (Å²) in [6.07, 6.45) is 0. The van der Waals surface area contributed by atoms with E-state index in [2.05, 4.69) is 0 Å². The van der Waals surface area contributed by atoms with E-state index in [0.717, 1.165) is 11.1 Å². The second kappa shape index (κ2) is 3.96. The first-order valence-corrected chi connectivity index (χ1v) is 6.24. The number of hydrogen-bond donors (Lipinski definition) is 0. The fraction of sp³-hybridized carbons (Fsp3) is 0. The summed E-state index contributed by atoms with van der Waals surface area (Å²) in [5.74, 6) is 1.25. The lowest BCUT2D eigenvalue weighted by molar-refractivity contribution is 0.650. The number of fused-ring (bicyclic) bond motifs is 1. The van der Waals surface area contributed by atoms with E-state index in [1.54, 1.807) is 24.3 Å². The van der Waals surface area contributed by atoms with E-state index < -0.39 is 0 Å². The topological polar surface area (TPSA) is 12.5 Å². The summed E-state index contributed by atoms with van der Waals surface area (Å²) < 4.78 is 5.19. The molecule has 5 heteroatoms. The molecule has 3 rings (SSSR count). The van der Waals surface area contributed by atoms with Crippen LogP contribution in [0.3, 0.4) is 0 Å². The van der Waals surface area contributed by atoms with E-state index in [0.29, 0.717) is 31.6 Å². The monoisotopic (exact) mass is 304 g/mol. The first-order chi connectivity index (χ1) is 8.08. The van der Waals surface area contributed by atoms with E-state index in [1.165, 1.54) is 0 Å². The molecule has 1 heterocycles. The van der Waals surface area contributed by atoms with Crippen molar-refractivity contribution < 1.29 is 4.74 Å². The molecule has 0 spiro atoms. The van der Waals surface area contributed by atoms with Gasteiger partial charge in [0, 0.05) is 21.2 Å². The highest BCUT2D eigenvalue weighted by Gasteiger charge is 2.31. The highest BCUT2D eigenvalue weighted by atomic mass is 35.5. The Morgan fingerprint density at radius 3 is 2.29 bits per heavy atom. The molecule has 0 atom stereocenters. The quantitative estimate of drug-likeness (QED) is 0.497. The van der Waals surface area contributed by atoms with Crippen LogP contribution in [0.25, 0.3) is 11.1 Å². The van der Waals surface area contributed by atoms with Crippen molar-refractivity contribution in [2.24, 2.45) is 0 Å². The minimum Gasteiger partial charge on any atom is -0.446 e. The fourth-order valence-electron chi connectivity index (χ4n) is 1.66. The van der Waals surface area contributed by atoms with Crippen LogP contribution in [0.4, 0.5) is 0 Å². The van der Waals surface area contributed by atoms with Gasteiger partial charge in [-0.2, -0.15) is 0 Å². The molecule has 17 heavy (non-hydrogen) atoms. The summed E-state index contributed by atoms with van der Waals surface area (Å²) in [6.45, 7) is 0. The van der Waals surface area contributed by atoms with Crippen molar-refractivity contribution in [3.63, 3.8) is 0 Å². The first kappa shape index (κ1) is 11.5. The van der Waals surface area contributed by atoms with Gasteiger partial charge in [-0.1, -0.05) is 46.4 Å². The number of ether oxygens (including phenoxy) is 1. The summed E-state index contributed by atoms with van der Waals surface area (Å²) >= 11 is 24.3. The number of hydrogen-bond acceptors (Lipinski definition) is 1. The maximum absolute atomic E-state index is 6.19. The Hall–Kier alpha value is -0.600. The summed E-state index contributed by atoms with van der Waals surface area (Å²) in [4.78, 5) is 0. The Labute approximate surface area is 118 Å². The normalized spacial score (nSPS) is 12.0. The molecular weight excluding hydrogens is 302 g/mol. The van der Waals surface area contributed by atoms with Gasteiger partial charge in [-0.3, -0.25) is 0 Å². The minimum absolute atomic E-state index is 0.508. The van der Waals surface area contributed by atoms with E-state index in [1.807, 2.05) is 0 Å². The first-order valence-electron chi connectivity index (χ1n) is 4.73. The molecule has 0 radical (unpaired) electrons. The lowest BCUT2D eigenvalue weighted by Crippen LogP contribution is -1.80. The number of halogens is 4. The SMILES string of the molecule is Clc1ccc(Cl)c(-c2cc(Cl)c3c(c2Cl)O3)c1. The number of benzene rings is 2. The predicted molar refractivity (Wildman–Crippen MR) is 72.0 cm³/mol. The fourth-order valence-corrected chi connectivity index (χ4v) is 2.56. The molecule has 0 saturated carbocycles. The van der Waals surface area contributed by atoms with Crippen LogP contribution in [-0.4, -0.2) is 0 Å². The third kappa shape index (κ3) is 1.88. The third-order valence-corrected chi connectivity index (χ3v) is 3.73. The molecule has 1 nitrogen and oxygen atoms in total. The molecule has 0 saturated heterocycles. The highest BCUT2D eigenvalue weighted by molar-refractivity contribution is 6.41. The predicted octanol–water partition coefficient (Wildman–Crippen LogP) is 6.07. The van der Waals surface area contributed by atoms with Gasteiger partial charge in [0.1, 0.15) is 0 Å². The van der Waals surface area contributed by atoms with Crippen LogP contribution in [0.2, 0.25) is 20.1 Å². The smallest absolute Gasteiger partial charge is 0.190 e.